The molecule has 1 amide bonds. The monoisotopic (exact) mass is 353 g/mol. The van der Waals surface area contributed by atoms with E-state index in [1.54, 1.807) is 23.7 Å². The van der Waals surface area contributed by atoms with Gasteiger partial charge in [0.05, 0.1) is 10.7 Å². The van der Waals surface area contributed by atoms with Crippen LogP contribution in [0.4, 0.5) is 0 Å². The first kappa shape index (κ1) is 17.1. The van der Waals surface area contributed by atoms with Crippen LogP contribution >= 0.6 is 11.3 Å². The van der Waals surface area contributed by atoms with Crippen molar-refractivity contribution in [1.82, 2.24) is 15.3 Å². The molecule has 0 aliphatic rings. The molecule has 5 nitrogen and oxygen atoms in total. The van der Waals surface area contributed by atoms with E-state index in [0.717, 1.165) is 21.8 Å². The van der Waals surface area contributed by atoms with Gasteiger partial charge in [0.2, 0.25) is 0 Å². The smallest absolute Gasteiger partial charge is 0.257 e. The van der Waals surface area contributed by atoms with E-state index in [4.69, 9.17) is 4.74 Å². The van der Waals surface area contributed by atoms with Crippen LogP contribution in [0.3, 0.4) is 0 Å². The Bertz CT molecular complexity index is 816. The van der Waals surface area contributed by atoms with E-state index in [1.807, 2.05) is 48.7 Å². The summed E-state index contributed by atoms with van der Waals surface area (Å²) in [6, 6.07) is 11.5. The molecule has 1 N–H and O–H groups in total. The number of amides is 1. The number of ether oxygens (including phenoxy) is 1. The van der Waals surface area contributed by atoms with Crippen molar-refractivity contribution in [2.45, 2.75) is 13.3 Å². The van der Waals surface area contributed by atoms with Crippen molar-refractivity contribution >= 4 is 17.2 Å². The summed E-state index contributed by atoms with van der Waals surface area (Å²) >= 11 is 1.59. The molecule has 6 heteroatoms. The van der Waals surface area contributed by atoms with Crippen LogP contribution < -0.4 is 10.1 Å². The molecule has 0 radical (unpaired) electrons. The number of benzene rings is 1. The molecule has 0 aliphatic carbocycles. The van der Waals surface area contributed by atoms with Crippen molar-refractivity contribution in [3.63, 3.8) is 0 Å². The third kappa shape index (κ3) is 5.12. The average molecular weight is 353 g/mol. The first-order valence-corrected chi connectivity index (χ1v) is 8.89. The maximum Gasteiger partial charge on any atom is 0.257 e. The van der Waals surface area contributed by atoms with Crippen molar-refractivity contribution in [3.05, 3.63) is 64.7 Å². The highest BCUT2D eigenvalue weighted by Crippen LogP contribution is 2.20. The SMILES string of the molecule is Cc1ccc(OCC(=O)NCCc2nc(-c3cccnc3)cs2)cc1. The van der Waals surface area contributed by atoms with Crippen molar-refractivity contribution in [2.75, 3.05) is 13.2 Å². The van der Waals surface area contributed by atoms with Gasteiger partial charge in [0.15, 0.2) is 6.61 Å². The number of pyridine rings is 1. The summed E-state index contributed by atoms with van der Waals surface area (Å²) in [7, 11) is 0. The normalized spacial score (nSPS) is 10.4. The second-order valence-electron chi connectivity index (χ2n) is 5.57. The Kier molecular flexibility index (Phi) is 5.74. The van der Waals surface area contributed by atoms with Crippen molar-refractivity contribution in [1.29, 1.82) is 0 Å². The lowest BCUT2D eigenvalue weighted by molar-refractivity contribution is -0.123. The van der Waals surface area contributed by atoms with Crippen LogP contribution in [0.1, 0.15) is 10.6 Å². The molecule has 3 aromatic rings. The average Bonchev–Trinajstić information content (AvgIpc) is 3.11. The summed E-state index contributed by atoms with van der Waals surface area (Å²) in [5.74, 6) is 0.561. The van der Waals surface area contributed by atoms with E-state index < -0.39 is 0 Å². The number of rotatable bonds is 7. The molecule has 0 fully saturated rings. The molecule has 25 heavy (non-hydrogen) atoms. The van der Waals surface area contributed by atoms with E-state index in [2.05, 4.69) is 15.3 Å². The number of aromatic nitrogens is 2. The second kappa shape index (κ2) is 8.39. The Balaban J connectivity index is 1.41. The van der Waals surface area contributed by atoms with Gasteiger partial charge in [0.25, 0.3) is 5.91 Å². The van der Waals surface area contributed by atoms with Crippen molar-refractivity contribution in [2.24, 2.45) is 0 Å². The summed E-state index contributed by atoms with van der Waals surface area (Å²) in [6.45, 7) is 2.56. The molecule has 2 aromatic heterocycles. The van der Waals surface area contributed by atoms with Crippen LogP contribution in [-0.4, -0.2) is 29.0 Å². The largest absolute Gasteiger partial charge is 0.484 e. The van der Waals surface area contributed by atoms with Gasteiger partial charge in [-0.25, -0.2) is 4.98 Å². The van der Waals surface area contributed by atoms with Crippen LogP contribution in [0.5, 0.6) is 5.75 Å². The van der Waals surface area contributed by atoms with Crippen LogP contribution in [0, 0.1) is 6.92 Å². The molecule has 0 spiro atoms. The van der Waals surface area contributed by atoms with E-state index >= 15 is 0 Å². The highest BCUT2D eigenvalue weighted by molar-refractivity contribution is 7.09. The minimum atomic E-state index is -0.135. The number of carbonyl (C=O) groups excluding carboxylic acids is 1. The zero-order chi connectivity index (χ0) is 17.5. The molecule has 0 aliphatic heterocycles. The number of aryl methyl sites for hydroxylation is 1. The molecule has 0 saturated heterocycles. The van der Waals surface area contributed by atoms with Gasteiger partial charge in [-0.15, -0.1) is 11.3 Å². The van der Waals surface area contributed by atoms with Gasteiger partial charge < -0.3 is 10.1 Å². The maximum absolute atomic E-state index is 11.8. The number of hydrogen-bond donors (Lipinski definition) is 1. The minimum absolute atomic E-state index is 0.0157. The molecule has 0 atom stereocenters. The highest BCUT2D eigenvalue weighted by atomic mass is 32.1. The number of nitrogens with one attached hydrogen (secondary N) is 1. The maximum atomic E-state index is 11.8. The summed E-state index contributed by atoms with van der Waals surface area (Å²) in [5.41, 5.74) is 3.08. The summed E-state index contributed by atoms with van der Waals surface area (Å²) in [5, 5.41) is 5.85. The Hall–Kier alpha value is -2.73. The minimum Gasteiger partial charge on any atom is -0.484 e. The number of nitrogens with zero attached hydrogens (tertiary/aromatic N) is 2. The molecular formula is C19H19N3O2S. The van der Waals surface area contributed by atoms with Crippen LogP contribution in [-0.2, 0) is 11.2 Å². The summed E-state index contributed by atoms with van der Waals surface area (Å²) < 4.78 is 5.46. The fourth-order valence-electron chi connectivity index (χ4n) is 2.22. The molecule has 128 valence electrons. The predicted molar refractivity (Wildman–Crippen MR) is 98.7 cm³/mol. The van der Waals surface area contributed by atoms with Gasteiger partial charge in [-0.2, -0.15) is 0 Å². The van der Waals surface area contributed by atoms with E-state index in [0.29, 0.717) is 18.7 Å². The van der Waals surface area contributed by atoms with Crippen LogP contribution in [0.25, 0.3) is 11.3 Å². The first-order valence-electron chi connectivity index (χ1n) is 8.02. The third-order valence-electron chi connectivity index (χ3n) is 3.56. The summed E-state index contributed by atoms with van der Waals surface area (Å²) in [6.07, 6.45) is 4.23. The molecule has 2 heterocycles. The number of carbonyl (C=O) groups is 1. The third-order valence-corrected chi connectivity index (χ3v) is 4.47. The molecule has 0 bridgehead atoms. The van der Waals surface area contributed by atoms with Gasteiger partial charge >= 0.3 is 0 Å². The standard InChI is InChI=1S/C19H19N3O2S/c1-14-4-6-16(7-5-14)24-12-18(23)21-10-8-19-22-17(13-25-19)15-3-2-9-20-11-15/h2-7,9,11,13H,8,10,12H2,1H3,(H,21,23). The zero-order valence-corrected chi connectivity index (χ0v) is 14.8. The van der Waals surface area contributed by atoms with Gasteiger partial charge in [0.1, 0.15) is 5.75 Å². The van der Waals surface area contributed by atoms with Crippen LogP contribution in [0.15, 0.2) is 54.2 Å². The Morgan fingerprint density at radius 3 is 2.84 bits per heavy atom. The fourth-order valence-corrected chi connectivity index (χ4v) is 3.02. The van der Waals surface area contributed by atoms with Gasteiger partial charge in [0, 0.05) is 36.3 Å². The lowest BCUT2D eigenvalue weighted by Crippen LogP contribution is -2.30. The number of thiazole rings is 1. The predicted octanol–water partition coefficient (Wildman–Crippen LogP) is 3.25. The van der Waals surface area contributed by atoms with Gasteiger partial charge in [-0.3, -0.25) is 9.78 Å². The fraction of sp³-hybridized carbons (Fsp3) is 0.211. The van der Waals surface area contributed by atoms with Crippen molar-refractivity contribution < 1.29 is 9.53 Å². The highest BCUT2D eigenvalue weighted by Gasteiger charge is 2.06. The Labute approximate surface area is 150 Å². The Morgan fingerprint density at radius 1 is 1.24 bits per heavy atom. The molecule has 0 unspecified atom stereocenters. The zero-order valence-electron chi connectivity index (χ0n) is 13.9. The second-order valence-corrected chi connectivity index (χ2v) is 6.51. The van der Waals surface area contributed by atoms with Gasteiger partial charge in [-0.1, -0.05) is 17.7 Å². The Morgan fingerprint density at radius 2 is 2.08 bits per heavy atom. The van der Waals surface area contributed by atoms with E-state index in [9.17, 15) is 4.79 Å². The van der Waals surface area contributed by atoms with Crippen LogP contribution in [0.2, 0.25) is 0 Å². The molecule has 0 saturated carbocycles. The van der Waals surface area contributed by atoms with Crippen molar-refractivity contribution in [3.8, 4) is 17.0 Å². The topological polar surface area (TPSA) is 64.1 Å². The van der Waals surface area contributed by atoms with E-state index in [-0.39, 0.29) is 12.5 Å². The summed E-state index contributed by atoms with van der Waals surface area (Å²) in [4.78, 5) is 20.5. The van der Waals surface area contributed by atoms with E-state index in [1.165, 1.54) is 0 Å². The molecule has 1 aromatic carbocycles. The lowest BCUT2D eigenvalue weighted by Gasteiger charge is -2.07. The molecular weight excluding hydrogens is 334 g/mol. The lowest BCUT2D eigenvalue weighted by atomic mass is 10.2. The molecule has 3 rings (SSSR count). The van der Waals surface area contributed by atoms with Gasteiger partial charge in [-0.05, 0) is 31.2 Å². The first-order chi connectivity index (χ1) is 12.2. The quantitative estimate of drug-likeness (QED) is 0.708. The number of hydrogen-bond acceptors (Lipinski definition) is 5.